The molecule has 0 amide bonds. The Hall–Kier alpha value is -1.40. The van der Waals surface area contributed by atoms with Crippen LogP contribution < -0.4 is 0 Å². The lowest BCUT2D eigenvalue weighted by Crippen LogP contribution is -2.37. The van der Waals surface area contributed by atoms with Crippen LogP contribution in [0.15, 0.2) is 24.3 Å². The van der Waals surface area contributed by atoms with E-state index in [1.165, 1.54) is 0 Å². The van der Waals surface area contributed by atoms with Gasteiger partial charge in [-0.05, 0) is 39.3 Å². The Balaban J connectivity index is 1.66. The van der Waals surface area contributed by atoms with Crippen LogP contribution in [0.1, 0.15) is 35.2 Å². The van der Waals surface area contributed by atoms with Gasteiger partial charge in [0.25, 0.3) is 0 Å². The number of carbonyl (C=O) groups is 1. The summed E-state index contributed by atoms with van der Waals surface area (Å²) in [4.78, 5) is 14.7. The number of ketones is 1. The van der Waals surface area contributed by atoms with Crippen molar-refractivity contribution in [2.45, 2.75) is 32.4 Å². The van der Waals surface area contributed by atoms with Crippen LogP contribution in [0, 0.1) is 12.8 Å². The number of hydrogen-bond acceptors (Lipinski definition) is 3. The third-order valence-electron chi connectivity index (χ3n) is 4.32. The van der Waals surface area contributed by atoms with Crippen molar-refractivity contribution in [2.24, 2.45) is 5.92 Å². The van der Waals surface area contributed by atoms with Gasteiger partial charge in [-0.25, -0.2) is 0 Å². The van der Waals surface area contributed by atoms with Gasteiger partial charge in [-0.1, -0.05) is 29.8 Å². The van der Waals surface area contributed by atoms with Crippen LogP contribution in [0.3, 0.4) is 0 Å². The summed E-state index contributed by atoms with van der Waals surface area (Å²) in [7, 11) is 0. The second kappa shape index (κ2) is 8.62. The molecule has 0 aromatic heterocycles. The van der Waals surface area contributed by atoms with E-state index in [1.54, 1.807) is 0 Å². The highest BCUT2D eigenvalue weighted by molar-refractivity contribution is 5.97. The summed E-state index contributed by atoms with van der Waals surface area (Å²) in [5.41, 5.74) is 1.90. The van der Waals surface area contributed by atoms with Gasteiger partial charge < -0.3 is 9.64 Å². The van der Waals surface area contributed by atoms with E-state index in [9.17, 15) is 18.0 Å². The summed E-state index contributed by atoms with van der Waals surface area (Å²) in [6.07, 6.45) is -2.08. The van der Waals surface area contributed by atoms with Crippen molar-refractivity contribution in [3.05, 3.63) is 35.4 Å². The highest BCUT2D eigenvalue weighted by atomic mass is 19.4. The zero-order valence-corrected chi connectivity index (χ0v) is 13.9. The number of alkyl halides is 3. The number of rotatable bonds is 7. The summed E-state index contributed by atoms with van der Waals surface area (Å²) in [5, 5.41) is 0. The number of nitrogens with zero attached hydrogens (tertiary/aromatic N) is 1. The summed E-state index contributed by atoms with van der Waals surface area (Å²) in [6.45, 7) is 3.25. The third kappa shape index (κ3) is 6.24. The van der Waals surface area contributed by atoms with E-state index in [0.717, 1.165) is 37.1 Å². The standard InChI is InChI=1S/C18H24F3NO2/c1-14-3-5-15(6-4-14)17(23)16-7-10-22(11-8-16)9-2-12-24-13-18(19,20)21/h3-6,16H,2,7-13H2,1H3. The summed E-state index contributed by atoms with van der Waals surface area (Å²) >= 11 is 0. The lowest BCUT2D eigenvalue weighted by Gasteiger charge is -2.31. The van der Waals surface area contributed by atoms with E-state index in [0.29, 0.717) is 13.0 Å². The maximum absolute atomic E-state index is 12.5. The van der Waals surface area contributed by atoms with E-state index in [2.05, 4.69) is 9.64 Å². The smallest absolute Gasteiger partial charge is 0.372 e. The number of halogens is 3. The molecule has 1 saturated heterocycles. The number of ether oxygens (including phenoxy) is 1. The van der Waals surface area contributed by atoms with E-state index < -0.39 is 12.8 Å². The zero-order valence-electron chi connectivity index (χ0n) is 13.9. The van der Waals surface area contributed by atoms with Gasteiger partial charge >= 0.3 is 6.18 Å². The molecule has 0 bridgehead atoms. The van der Waals surface area contributed by atoms with Crippen LogP contribution >= 0.6 is 0 Å². The molecule has 134 valence electrons. The first-order valence-corrected chi connectivity index (χ1v) is 8.33. The summed E-state index contributed by atoms with van der Waals surface area (Å²) < 4.78 is 40.5. The quantitative estimate of drug-likeness (QED) is 0.556. The van der Waals surface area contributed by atoms with Gasteiger partial charge in [0.05, 0.1) is 0 Å². The van der Waals surface area contributed by atoms with Crippen LogP contribution in [0.25, 0.3) is 0 Å². The van der Waals surface area contributed by atoms with Crippen LogP contribution in [-0.4, -0.2) is 49.7 Å². The molecule has 3 nitrogen and oxygen atoms in total. The molecule has 1 fully saturated rings. The number of likely N-dealkylation sites (tertiary alicyclic amines) is 1. The summed E-state index contributed by atoms with van der Waals surface area (Å²) in [5.74, 6) is 0.244. The van der Waals surface area contributed by atoms with E-state index >= 15 is 0 Å². The van der Waals surface area contributed by atoms with Crippen molar-refractivity contribution in [3.63, 3.8) is 0 Å². The molecule has 1 aromatic carbocycles. The minimum atomic E-state index is -4.26. The average Bonchev–Trinajstić information content (AvgIpc) is 2.54. The normalized spacial score (nSPS) is 17.2. The topological polar surface area (TPSA) is 29.5 Å². The van der Waals surface area contributed by atoms with Crippen LogP contribution in [0.5, 0.6) is 0 Å². The van der Waals surface area contributed by atoms with Gasteiger partial charge in [-0.2, -0.15) is 13.2 Å². The van der Waals surface area contributed by atoms with Crippen LogP contribution in [0.4, 0.5) is 13.2 Å². The van der Waals surface area contributed by atoms with Gasteiger partial charge in [-0.3, -0.25) is 4.79 Å². The fourth-order valence-corrected chi connectivity index (χ4v) is 2.95. The molecule has 6 heteroatoms. The van der Waals surface area contributed by atoms with Gasteiger partial charge in [0, 0.05) is 24.6 Å². The lowest BCUT2D eigenvalue weighted by atomic mass is 9.88. The van der Waals surface area contributed by atoms with Crippen LogP contribution in [0.2, 0.25) is 0 Å². The predicted molar refractivity (Wildman–Crippen MR) is 86.2 cm³/mol. The van der Waals surface area contributed by atoms with Crippen molar-refractivity contribution in [3.8, 4) is 0 Å². The minimum Gasteiger partial charge on any atom is -0.372 e. The first-order chi connectivity index (χ1) is 11.3. The van der Waals surface area contributed by atoms with Crippen molar-refractivity contribution in [1.82, 2.24) is 4.90 Å². The number of aryl methyl sites for hydroxylation is 1. The molecule has 0 aliphatic carbocycles. The maximum atomic E-state index is 12.5. The fraction of sp³-hybridized carbons (Fsp3) is 0.611. The number of carbonyl (C=O) groups excluding carboxylic acids is 1. The number of benzene rings is 1. The molecule has 1 aliphatic heterocycles. The molecule has 2 rings (SSSR count). The molecule has 0 atom stereocenters. The number of hydrogen-bond donors (Lipinski definition) is 0. The Morgan fingerprint density at radius 2 is 1.83 bits per heavy atom. The molecular weight excluding hydrogens is 319 g/mol. The molecule has 0 unspecified atom stereocenters. The first kappa shape index (κ1) is 18.9. The second-order valence-electron chi connectivity index (χ2n) is 6.37. The zero-order chi connectivity index (χ0) is 17.6. The molecule has 0 spiro atoms. The number of piperidine rings is 1. The average molecular weight is 343 g/mol. The van der Waals surface area contributed by atoms with Gasteiger partial charge in [-0.15, -0.1) is 0 Å². The monoisotopic (exact) mass is 343 g/mol. The molecule has 0 saturated carbocycles. The Bertz CT molecular complexity index is 520. The summed E-state index contributed by atoms with van der Waals surface area (Å²) in [6, 6.07) is 7.65. The Morgan fingerprint density at radius 3 is 2.42 bits per heavy atom. The molecule has 1 heterocycles. The maximum Gasteiger partial charge on any atom is 0.411 e. The Morgan fingerprint density at radius 1 is 1.21 bits per heavy atom. The first-order valence-electron chi connectivity index (χ1n) is 8.33. The van der Waals surface area contributed by atoms with E-state index in [-0.39, 0.29) is 18.3 Å². The second-order valence-corrected chi connectivity index (χ2v) is 6.37. The third-order valence-corrected chi connectivity index (χ3v) is 4.32. The highest BCUT2D eigenvalue weighted by Crippen LogP contribution is 2.22. The van der Waals surface area contributed by atoms with E-state index in [1.807, 2.05) is 31.2 Å². The lowest BCUT2D eigenvalue weighted by molar-refractivity contribution is -0.174. The predicted octanol–water partition coefficient (Wildman–Crippen LogP) is 3.86. The molecule has 0 N–H and O–H groups in total. The molecule has 0 radical (unpaired) electrons. The molecule has 1 aromatic rings. The fourth-order valence-electron chi connectivity index (χ4n) is 2.95. The number of Topliss-reactive ketones (excluding diaryl/α,β-unsaturated/α-hetero) is 1. The molecule has 1 aliphatic rings. The minimum absolute atomic E-state index is 0.0467. The van der Waals surface area contributed by atoms with Crippen molar-refractivity contribution in [2.75, 3.05) is 32.8 Å². The van der Waals surface area contributed by atoms with Crippen molar-refractivity contribution < 1.29 is 22.7 Å². The van der Waals surface area contributed by atoms with Crippen molar-refractivity contribution in [1.29, 1.82) is 0 Å². The highest BCUT2D eigenvalue weighted by Gasteiger charge is 2.28. The van der Waals surface area contributed by atoms with E-state index in [4.69, 9.17) is 0 Å². The van der Waals surface area contributed by atoms with Gasteiger partial charge in [0.15, 0.2) is 5.78 Å². The molecular formula is C18H24F3NO2. The Labute approximate surface area is 140 Å². The Kier molecular flexibility index (Phi) is 6.80. The van der Waals surface area contributed by atoms with Gasteiger partial charge in [0.2, 0.25) is 0 Å². The largest absolute Gasteiger partial charge is 0.411 e. The SMILES string of the molecule is Cc1ccc(C(=O)C2CCN(CCCOCC(F)(F)F)CC2)cc1. The molecule has 24 heavy (non-hydrogen) atoms. The van der Waals surface area contributed by atoms with Crippen molar-refractivity contribution >= 4 is 5.78 Å². The van der Waals surface area contributed by atoms with Crippen LogP contribution in [-0.2, 0) is 4.74 Å². The van der Waals surface area contributed by atoms with Gasteiger partial charge in [0.1, 0.15) is 6.61 Å².